The van der Waals surface area contributed by atoms with Crippen LogP contribution in [0.15, 0.2) is 23.0 Å². The Morgan fingerprint density at radius 3 is 3.07 bits per heavy atom. The zero-order valence-electron chi connectivity index (χ0n) is 8.03. The highest BCUT2D eigenvalue weighted by Gasteiger charge is 2.33. The third-order valence-corrected chi connectivity index (χ3v) is 2.68. The van der Waals surface area contributed by atoms with Crippen LogP contribution in [0.1, 0.15) is 18.4 Å². The molecule has 1 aromatic rings. The standard InChI is InChI=1S/C11H13NO2/c12-8-11(3-1-4-14-9-11)6-10-2-5-13-7-10/h2,5,7H,1,3-4,6,9H2. The van der Waals surface area contributed by atoms with E-state index < -0.39 is 0 Å². The quantitative estimate of drug-likeness (QED) is 0.719. The Hall–Kier alpha value is -1.27. The summed E-state index contributed by atoms with van der Waals surface area (Å²) in [6.07, 6.45) is 5.98. The van der Waals surface area contributed by atoms with Gasteiger partial charge in [0.2, 0.25) is 0 Å². The molecule has 0 N–H and O–H groups in total. The summed E-state index contributed by atoms with van der Waals surface area (Å²) in [5.41, 5.74) is 0.749. The molecule has 1 aromatic heterocycles. The Morgan fingerprint density at radius 1 is 1.57 bits per heavy atom. The van der Waals surface area contributed by atoms with Gasteiger partial charge in [0.25, 0.3) is 0 Å². The van der Waals surface area contributed by atoms with Crippen LogP contribution in [0.3, 0.4) is 0 Å². The molecule has 1 aliphatic rings. The van der Waals surface area contributed by atoms with Gasteiger partial charge in [0, 0.05) is 6.61 Å². The lowest BCUT2D eigenvalue weighted by atomic mass is 9.79. The number of nitrogens with zero attached hydrogens (tertiary/aromatic N) is 1. The molecule has 2 heterocycles. The van der Waals surface area contributed by atoms with Crippen molar-refractivity contribution in [1.29, 1.82) is 5.26 Å². The summed E-state index contributed by atoms with van der Waals surface area (Å²) >= 11 is 0. The van der Waals surface area contributed by atoms with Crippen molar-refractivity contribution >= 4 is 0 Å². The van der Waals surface area contributed by atoms with Crippen LogP contribution in [0.25, 0.3) is 0 Å². The molecule has 0 aliphatic carbocycles. The molecule has 1 unspecified atom stereocenters. The Balaban J connectivity index is 2.09. The molecule has 2 rings (SSSR count). The lowest BCUT2D eigenvalue weighted by Gasteiger charge is -2.29. The van der Waals surface area contributed by atoms with Crippen molar-refractivity contribution in [2.24, 2.45) is 5.41 Å². The summed E-state index contributed by atoms with van der Waals surface area (Å²) in [5, 5.41) is 9.18. The van der Waals surface area contributed by atoms with Gasteiger partial charge in [0.15, 0.2) is 0 Å². The minimum absolute atomic E-state index is 0.331. The van der Waals surface area contributed by atoms with Gasteiger partial charge >= 0.3 is 0 Å². The number of nitriles is 1. The minimum atomic E-state index is -0.331. The van der Waals surface area contributed by atoms with E-state index in [9.17, 15) is 5.26 Å². The van der Waals surface area contributed by atoms with Crippen LogP contribution < -0.4 is 0 Å². The third kappa shape index (κ3) is 1.80. The normalized spacial score (nSPS) is 27.1. The van der Waals surface area contributed by atoms with Gasteiger partial charge < -0.3 is 9.15 Å². The average molecular weight is 191 g/mol. The first-order valence-electron chi connectivity index (χ1n) is 4.85. The summed E-state index contributed by atoms with van der Waals surface area (Å²) < 4.78 is 10.4. The highest BCUT2D eigenvalue weighted by molar-refractivity contribution is 5.14. The zero-order valence-corrected chi connectivity index (χ0v) is 8.03. The highest BCUT2D eigenvalue weighted by Crippen LogP contribution is 2.31. The summed E-state index contributed by atoms with van der Waals surface area (Å²) in [5.74, 6) is 0. The maximum absolute atomic E-state index is 9.18. The molecule has 0 bridgehead atoms. The maximum Gasteiger partial charge on any atom is 0.0935 e. The van der Waals surface area contributed by atoms with Crippen LogP contribution in [0.2, 0.25) is 0 Å². The van der Waals surface area contributed by atoms with E-state index in [-0.39, 0.29) is 5.41 Å². The molecule has 14 heavy (non-hydrogen) atoms. The van der Waals surface area contributed by atoms with E-state index in [1.165, 1.54) is 0 Å². The molecule has 74 valence electrons. The smallest absolute Gasteiger partial charge is 0.0935 e. The first-order valence-corrected chi connectivity index (χ1v) is 4.85. The van der Waals surface area contributed by atoms with Crippen LogP contribution >= 0.6 is 0 Å². The number of furan rings is 1. The fourth-order valence-electron chi connectivity index (χ4n) is 1.90. The molecule has 0 radical (unpaired) electrons. The van der Waals surface area contributed by atoms with Crippen LogP contribution in [0.4, 0.5) is 0 Å². The lowest BCUT2D eigenvalue weighted by Crippen LogP contribution is -2.32. The minimum Gasteiger partial charge on any atom is -0.472 e. The summed E-state index contributed by atoms with van der Waals surface area (Å²) in [4.78, 5) is 0. The Labute approximate surface area is 83.3 Å². The molecule has 0 spiro atoms. The lowest BCUT2D eigenvalue weighted by molar-refractivity contribution is 0.0223. The first-order chi connectivity index (χ1) is 6.85. The van der Waals surface area contributed by atoms with Crippen molar-refractivity contribution in [3.8, 4) is 6.07 Å². The van der Waals surface area contributed by atoms with Gasteiger partial charge in [-0.2, -0.15) is 5.26 Å². The molecule has 3 nitrogen and oxygen atoms in total. The van der Waals surface area contributed by atoms with E-state index in [0.717, 1.165) is 31.4 Å². The molecule has 1 atom stereocenters. The highest BCUT2D eigenvalue weighted by atomic mass is 16.5. The summed E-state index contributed by atoms with van der Waals surface area (Å²) in [7, 11) is 0. The van der Waals surface area contributed by atoms with Crippen molar-refractivity contribution in [3.63, 3.8) is 0 Å². The fraction of sp³-hybridized carbons (Fsp3) is 0.545. The molecule has 0 amide bonds. The van der Waals surface area contributed by atoms with E-state index in [1.807, 2.05) is 6.07 Å². The molecule has 1 fully saturated rings. The Morgan fingerprint density at radius 2 is 2.50 bits per heavy atom. The zero-order chi connectivity index (χ0) is 9.86. The topological polar surface area (TPSA) is 46.2 Å². The summed E-state index contributed by atoms with van der Waals surface area (Å²) in [6, 6.07) is 4.30. The van der Waals surface area contributed by atoms with E-state index in [0.29, 0.717) is 6.61 Å². The first kappa shape index (κ1) is 9.29. The van der Waals surface area contributed by atoms with Gasteiger partial charge in [-0.3, -0.25) is 0 Å². The third-order valence-electron chi connectivity index (χ3n) is 2.68. The number of hydrogen-bond donors (Lipinski definition) is 0. The van der Waals surface area contributed by atoms with Gasteiger partial charge in [0.05, 0.1) is 30.6 Å². The summed E-state index contributed by atoms with van der Waals surface area (Å²) in [6.45, 7) is 1.34. The van der Waals surface area contributed by atoms with Gasteiger partial charge in [0.1, 0.15) is 0 Å². The van der Waals surface area contributed by atoms with Crippen LogP contribution in [-0.2, 0) is 11.2 Å². The molecular weight excluding hydrogens is 178 g/mol. The number of rotatable bonds is 2. The fourth-order valence-corrected chi connectivity index (χ4v) is 1.90. The van der Waals surface area contributed by atoms with E-state index in [4.69, 9.17) is 9.15 Å². The molecule has 1 saturated heterocycles. The van der Waals surface area contributed by atoms with Crippen molar-refractivity contribution in [2.45, 2.75) is 19.3 Å². The van der Waals surface area contributed by atoms with Crippen LogP contribution in [0, 0.1) is 16.7 Å². The predicted molar refractivity (Wildman–Crippen MR) is 50.5 cm³/mol. The predicted octanol–water partition coefficient (Wildman–Crippen LogP) is 2.14. The molecule has 0 aromatic carbocycles. The van der Waals surface area contributed by atoms with Crippen molar-refractivity contribution in [3.05, 3.63) is 24.2 Å². The molecular formula is C11H13NO2. The molecule has 1 aliphatic heterocycles. The maximum atomic E-state index is 9.18. The average Bonchev–Trinajstić information content (AvgIpc) is 2.72. The van der Waals surface area contributed by atoms with Gasteiger partial charge in [-0.25, -0.2) is 0 Å². The molecule has 0 saturated carbocycles. The monoisotopic (exact) mass is 191 g/mol. The van der Waals surface area contributed by atoms with Crippen molar-refractivity contribution in [2.75, 3.05) is 13.2 Å². The number of hydrogen-bond acceptors (Lipinski definition) is 3. The molecule has 3 heteroatoms. The van der Waals surface area contributed by atoms with E-state index in [1.54, 1.807) is 12.5 Å². The van der Waals surface area contributed by atoms with Crippen LogP contribution in [0.5, 0.6) is 0 Å². The van der Waals surface area contributed by atoms with E-state index >= 15 is 0 Å². The van der Waals surface area contributed by atoms with Crippen molar-refractivity contribution in [1.82, 2.24) is 0 Å². The second-order valence-corrected chi connectivity index (χ2v) is 3.86. The Kier molecular flexibility index (Phi) is 2.55. The second kappa shape index (κ2) is 3.85. The van der Waals surface area contributed by atoms with Gasteiger partial charge in [-0.1, -0.05) is 0 Å². The number of ether oxygens (including phenoxy) is 1. The Bertz CT molecular complexity index is 318. The SMILES string of the molecule is N#CC1(Cc2ccoc2)CCCOC1. The second-order valence-electron chi connectivity index (χ2n) is 3.86. The van der Waals surface area contributed by atoms with Gasteiger partial charge in [-0.05, 0) is 30.9 Å². The van der Waals surface area contributed by atoms with Crippen molar-refractivity contribution < 1.29 is 9.15 Å². The van der Waals surface area contributed by atoms with E-state index in [2.05, 4.69) is 6.07 Å². The van der Waals surface area contributed by atoms with Crippen LogP contribution in [-0.4, -0.2) is 13.2 Å². The largest absolute Gasteiger partial charge is 0.472 e. The van der Waals surface area contributed by atoms with Gasteiger partial charge in [-0.15, -0.1) is 0 Å².